The number of hydrogen-bond acceptors (Lipinski definition) is 5. The second-order valence-electron chi connectivity index (χ2n) is 6.12. The zero-order chi connectivity index (χ0) is 19.8. The van der Waals surface area contributed by atoms with Crippen LogP contribution in [0, 0.1) is 5.92 Å². The number of primary amides is 1. The lowest BCUT2D eigenvalue weighted by Crippen LogP contribution is -2.40. The quantitative estimate of drug-likeness (QED) is 0.571. The summed E-state index contributed by atoms with van der Waals surface area (Å²) in [5.41, 5.74) is 5.88. The standard InChI is InChI=1S/C19H23N3O5/c1-2-27-19(26)13-8-10-22(11-9-13)17(24)7-6-16(23)21-15-5-3-4-14(12-15)18(20)25/h3-7,12-13H,2,8-11H2,1H3,(H2,20,25)(H,21,23)/b7-6-. The first-order valence-corrected chi connectivity index (χ1v) is 8.75. The van der Waals surface area contributed by atoms with E-state index in [1.807, 2.05) is 0 Å². The number of esters is 1. The molecule has 1 aromatic carbocycles. The maximum absolute atomic E-state index is 12.2. The molecule has 1 aliphatic heterocycles. The Balaban J connectivity index is 1.84. The van der Waals surface area contributed by atoms with Gasteiger partial charge >= 0.3 is 5.97 Å². The van der Waals surface area contributed by atoms with Gasteiger partial charge in [-0.3, -0.25) is 19.2 Å². The van der Waals surface area contributed by atoms with Gasteiger partial charge in [0, 0.05) is 36.5 Å². The summed E-state index contributed by atoms with van der Waals surface area (Å²) < 4.78 is 5.00. The molecule has 0 spiro atoms. The van der Waals surface area contributed by atoms with E-state index < -0.39 is 11.8 Å². The van der Waals surface area contributed by atoms with Crippen molar-refractivity contribution >= 4 is 29.4 Å². The number of amides is 3. The Kier molecular flexibility index (Phi) is 7.10. The van der Waals surface area contributed by atoms with Crippen molar-refractivity contribution in [3.8, 4) is 0 Å². The molecular weight excluding hydrogens is 350 g/mol. The van der Waals surface area contributed by atoms with Crippen molar-refractivity contribution in [2.45, 2.75) is 19.8 Å². The zero-order valence-corrected chi connectivity index (χ0v) is 15.1. The normalized spacial score (nSPS) is 14.8. The number of nitrogens with one attached hydrogen (secondary N) is 1. The van der Waals surface area contributed by atoms with Crippen LogP contribution in [0.2, 0.25) is 0 Å². The molecule has 3 amide bonds. The fourth-order valence-electron chi connectivity index (χ4n) is 2.78. The van der Waals surface area contributed by atoms with Crippen molar-refractivity contribution in [1.29, 1.82) is 0 Å². The Labute approximate surface area is 157 Å². The van der Waals surface area contributed by atoms with Crippen LogP contribution in [0.3, 0.4) is 0 Å². The minimum Gasteiger partial charge on any atom is -0.466 e. The van der Waals surface area contributed by atoms with Gasteiger partial charge < -0.3 is 20.7 Å². The number of benzene rings is 1. The summed E-state index contributed by atoms with van der Waals surface area (Å²) in [4.78, 5) is 48.6. The molecule has 0 radical (unpaired) electrons. The number of carbonyl (C=O) groups is 4. The summed E-state index contributed by atoms with van der Waals surface area (Å²) >= 11 is 0. The van der Waals surface area contributed by atoms with Crippen LogP contribution in [0.15, 0.2) is 36.4 Å². The van der Waals surface area contributed by atoms with Gasteiger partial charge in [-0.15, -0.1) is 0 Å². The zero-order valence-electron chi connectivity index (χ0n) is 15.1. The second-order valence-corrected chi connectivity index (χ2v) is 6.12. The number of nitrogens with two attached hydrogens (primary N) is 1. The first-order chi connectivity index (χ1) is 12.9. The lowest BCUT2D eigenvalue weighted by Gasteiger charge is -2.30. The fraction of sp³-hybridized carbons (Fsp3) is 0.368. The summed E-state index contributed by atoms with van der Waals surface area (Å²) in [6.45, 7) is 2.98. The Bertz CT molecular complexity index is 751. The number of piperidine rings is 1. The SMILES string of the molecule is CCOC(=O)C1CCN(C(=O)/C=C\C(=O)Nc2cccc(C(N)=O)c2)CC1. The smallest absolute Gasteiger partial charge is 0.309 e. The van der Waals surface area contributed by atoms with Crippen LogP contribution in [0.25, 0.3) is 0 Å². The van der Waals surface area contributed by atoms with Crippen molar-refractivity contribution in [3.63, 3.8) is 0 Å². The van der Waals surface area contributed by atoms with E-state index in [-0.39, 0.29) is 23.4 Å². The van der Waals surface area contributed by atoms with E-state index in [0.29, 0.717) is 38.2 Å². The molecule has 0 bridgehead atoms. The second kappa shape index (κ2) is 9.51. The first kappa shape index (κ1) is 20.2. The minimum atomic E-state index is -0.594. The highest BCUT2D eigenvalue weighted by molar-refractivity contribution is 6.04. The monoisotopic (exact) mass is 373 g/mol. The Morgan fingerprint density at radius 1 is 1.22 bits per heavy atom. The molecule has 0 saturated carbocycles. The molecule has 3 N–H and O–H groups in total. The van der Waals surface area contributed by atoms with Crippen LogP contribution in [-0.4, -0.2) is 48.3 Å². The number of ether oxygens (including phenoxy) is 1. The number of hydrogen-bond donors (Lipinski definition) is 2. The molecule has 0 aliphatic carbocycles. The molecule has 0 atom stereocenters. The van der Waals surface area contributed by atoms with Crippen LogP contribution in [-0.2, 0) is 19.1 Å². The lowest BCUT2D eigenvalue weighted by atomic mass is 9.97. The third-order valence-electron chi connectivity index (χ3n) is 4.22. The largest absolute Gasteiger partial charge is 0.466 e. The molecule has 0 unspecified atom stereocenters. The number of anilines is 1. The molecule has 144 valence electrons. The van der Waals surface area contributed by atoms with Gasteiger partial charge in [0.2, 0.25) is 17.7 Å². The molecule has 8 heteroatoms. The lowest BCUT2D eigenvalue weighted by molar-refractivity contribution is -0.150. The van der Waals surface area contributed by atoms with E-state index in [0.717, 1.165) is 6.08 Å². The molecule has 8 nitrogen and oxygen atoms in total. The van der Waals surface area contributed by atoms with Crippen LogP contribution in [0.1, 0.15) is 30.1 Å². The van der Waals surface area contributed by atoms with Gasteiger partial charge in [0.1, 0.15) is 0 Å². The molecule has 1 aliphatic rings. The summed E-state index contributed by atoms with van der Waals surface area (Å²) in [5.74, 6) is -1.79. The summed E-state index contributed by atoms with van der Waals surface area (Å²) in [5, 5.41) is 2.57. The van der Waals surface area contributed by atoms with E-state index >= 15 is 0 Å². The highest BCUT2D eigenvalue weighted by atomic mass is 16.5. The van der Waals surface area contributed by atoms with E-state index in [2.05, 4.69) is 5.32 Å². The number of likely N-dealkylation sites (tertiary alicyclic amines) is 1. The van der Waals surface area contributed by atoms with Crippen molar-refractivity contribution in [2.24, 2.45) is 11.7 Å². The Hall–Kier alpha value is -3.16. The average molecular weight is 373 g/mol. The molecule has 0 aromatic heterocycles. The fourth-order valence-corrected chi connectivity index (χ4v) is 2.78. The molecule has 27 heavy (non-hydrogen) atoms. The van der Waals surface area contributed by atoms with Crippen molar-refractivity contribution < 1.29 is 23.9 Å². The maximum Gasteiger partial charge on any atom is 0.309 e. The van der Waals surface area contributed by atoms with Gasteiger partial charge in [0.05, 0.1) is 12.5 Å². The number of nitrogens with zero attached hydrogens (tertiary/aromatic N) is 1. The van der Waals surface area contributed by atoms with Gasteiger partial charge in [-0.1, -0.05) is 6.07 Å². The molecule has 1 fully saturated rings. The van der Waals surface area contributed by atoms with Crippen molar-refractivity contribution in [2.75, 3.05) is 25.0 Å². The third-order valence-corrected chi connectivity index (χ3v) is 4.22. The van der Waals surface area contributed by atoms with Gasteiger partial charge in [0.25, 0.3) is 0 Å². The van der Waals surface area contributed by atoms with Gasteiger partial charge in [0.15, 0.2) is 0 Å². The summed E-state index contributed by atoms with van der Waals surface area (Å²) in [7, 11) is 0. The van der Waals surface area contributed by atoms with E-state index in [1.54, 1.807) is 24.0 Å². The molecular formula is C19H23N3O5. The highest BCUT2D eigenvalue weighted by Gasteiger charge is 2.27. The van der Waals surface area contributed by atoms with E-state index in [4.69, 9.17) is 10.5 Å². The first-order valence-electron chi connectivity index (χ1n) is 8.75. The van der Waals surface area contributed by atoms with Gasteiger partial charge in [-0.2, -0.15) is 0 Å². The Morgan fingerprint density at radius 3 is 2.56 bits per heavy atom. The summed E-state index contributed by atoms with van der Waals surface area (Å²) in [6.07, 6.45) is 3.42. The molecule has 2 rings (SSSR count). The van der Waals surface area contributed by atoms with E-state index in [9.17, 15) is 19.2 Å². The maximum atomic E-state index is 12.2. The molecule has 1 heterocycles. The third kappa shape index (κ3) is 5.95. The van der Waals surface area contributed by atoms with Crippen LogP contribution >= 0.6 is 0 Å². The van der Waals surface area contributed by atoms with Gasteiger partial charge in [-0.05, 0) is 38.0 Å². The highest BCUT2D eigenvalue weighted by Crippen LogP contribution is 2.19. The number of rotatable bonds is 6. The summed E-state index contributed by atoms with van der Waals surface area (Å²) in [6, 6.07) is 6.20. The van der Waals surface area contributed by atoms with E-state index in [1.165, 1.54) is 18.2 Å². The predicted octanol–water partition coefficient (Wildman–Crippen LogP) is 1.08. The molecule has 1 saturated heterocycles. The predicted molar refractivity (Wildman–Crippen MR) is 98.7 cm³/mol. The van der Waals surface area contributed by atoms with Crippen LogP contribution in [0.5, 0.6) is 0 Å². The van der Waals surface area contributed by atoms with Crippen LogP contribution in [0.4, 0.5) is 5.69 Å². The topological polar surface area (TPSA) is 119 Å². The minimum absolute atomic E-state index is 0.182. The average Bonchev–Trinajstić information content (AvgIpc) is 2.66. The van der Waals surface area contributed by atoms with Crippen molar-refractivity contribution in [3.05, 3.63) is 42.0 Å². The number of carbonyl (C=O) groups excluding carboxylic acids is 4. The molecule has 1 aromatic rings. The Morgan fingerprint density at radius 2 is 1.93 bits per heavy atom. The van der Waals surface area contributed by atoms with Crippen LogP contribution < -0.4 is 11.1 Å². The van der Waals surface area contributed by atoms with Gasteiger partial charge in [-0.25, -0.2) is 0 Å². The van der Waals surface area contributed by atoms with Crippen molar-refractivity contribution in [1.82, 2.24) is 4.90 Å².